The summed E-state index contributed by atoms with van der Waals surface area (Å²) in [5, 5.41) is 14.1. The fraction of sp³-hybridized carbons (Fsp3) is 0.500. The second-order valence-electron chi connectivity index (χ2n) is 4.28. The van der Waals surface area contributed by atoms with Gasteiger partial charge in [-0.3, -0.25) is 4.79 Å². The smallest absolute Gasteiger partial charge is 0.262 e. The number of nitrogens with one attached hydrogen (secondary N) is 1. The van der Waals surface area contributed by atoms with Crippen molar-refractivity contribution in [3.63, 3.8) is 0 Å². The van der Waals surface area contributed by atoms with E-state index in [1.165, 1.54) is 29.9 Å². The summed E-state index contributed by atoms with van der Waals surface area (Å²) in [6.45, 7) is 0.794. The van der Waals surface area contributed by atoms with Gasteiger partial charge in [0, 0.05) is 23.8 Å². The molecule has 2 N–H and O–H groups in total. The molecule has 2 heterocycles. The second-order valence-corrected chi connectivity index (χ2v) is 6.61. The van der Waals surface area contributed by atoms with E-state index >= 15 is 0 Å². The summed E-state index contributed by atoms with van der Waals surface area (Å²) in [5.41, 5.74) is 0.759. The molecule has 1 atom stereocenters. The van der Waals surface area contributed by atoms with E-state index in [2.05, 4.69) is 17.2 Å². The van der Waals surface area contributed by atoms with Crippen molar-refractivity contribution in [2.75, 3.05) is 18.9 Å². The molecule has 5 heteroatoms. The first-order chi connectivity index (χ1) is 9.31. The van der Waals surface area contributed by atoms with Gasteiger partial charge >= 0.3 is 0 Å². The van der Waals surface area contributed by atoms with Crippen LogP contribution in [0.15, 0.2) is 11.4 Å². The number of thioether (sulfide) groups is 1. The van der Waals surface area contributed by atoms with Crippen LogP contribution in [0.3, 0.4) is 0 Å². The van der Waals surface area contributed by atoms with Crippen LogP contribution in [0.4, 0.5) is 0 Å². The van der Waals surface area contributed by atoms with E-state index in [4.69, 9.17) is 5.11 Å². The number of hydrogen-bond acceptors (Lipinski definition) is 4. The maximum Gasteiger partial charge on any atom is 0.262 e. The number of aliphatic hydroxyl groups is 1. The van der Waals surface area contributed by atoms with Gasteiger partial charge in [0.05, 0.1) is 6.61 Å². The van der Waals surface area contributed by atoms with Crippen molar-refractivity contribution < 1.29 is 9.90 Å². The van der Waals surface area contributed by atoms with Crippen molar-refractivity contribution in [3.05, 3.63) is 21.9 Å². The lowest BCUT2D eigenvalue weighted by atomic mass is 10.2. The summed E-state index contributed by atoms with van der Waals surface area (Å²) in [7, 11) is 0. The molecule has 0 radical (unpaired) electrons. The molecule has 102 valence electrons. The van der Waals surface area contributed by atoms with E-state index in [0.29, 0.717) is 16.5 Å². The van der Waals surface area contributed by atoms with Gasteiger partial charge in [-0.15, -0.1) is 11.3 Å². The van der Waals surface area contributed by atoms with Crippen molar-refractivity contribution >= 4 is 29.0 Å². The average Bonchev–Trinajstić information content (AvgIpc) is 3.07. The topological polar surface area (TPSA) is 49.3 Å². The number of thiophene rings is 1. The monoisotopic (exact) mass is 295 g/mol. The zero-order valence-electron chi connectivity index (χ0n) is 10.6. The van der Waals surface area contributed by atoms with Crippen molar-refractivity contribution in [1.29, 1.82) is 0 Å². The Labute approximate surface area is 121 Å². The molecule has 3 nitrogen and oxygen atoms in total. The lowest BCUT2D eigenvalue weighted by molar-refractivity contribution is 0.0957. The first-order valence-corrected chi connectivity index (χ1v) is 8.31. The van der Waals surface area contributed by atoms with Crippen LogP contribution >= 0.6 is 23.1 Å². The molecule has 1 amide bonds. The van der Waals surface area contributed by atoms with Crippen LogP contribution in [0, 0.1) is 11.8 Å². The lowest BCUT2D eigenvalue weighted by Crippen LogP contribution is -2.29. The Bertz CT molecular complexity index is 481. The van der Waals surface area contributed by atoms with E-state index in [0.717, 1.165) is 12.1 Å². The molecule has 1 aliphatic rings. The molecule has 1 fully saturated rings. The first-order valence-electron chi connectivity index (χ1n) is 6.38. The lowest BCUT2D eigenvalue weighted by Gasteiger charge is -2.09. The average molecular weight is 295 g/mol. The van der Waals surface area contributed by atoms with Crippen molar-refractivity contribution in [2.24, 2.45) is 0 Å². The Hall–Kier alpha value is -0.960. The molecular weight excluding hydrogens is 278 g/mol. The minimum atomic E-state index is -0.0317. The first kappa shape index (κ1) is 14.4. The van der Waals surface area contributed by atoms with Gasteiger partial charge in [0.2, 0.25) is 0 Å². The fourth-order valence-electron chi connectivity index (χ4n) is 1.89. The van der Waals surface area contributed by atoms with E-state index in [1.807, 2.05) is 23.2 Å². The third-order valence-corrected chi connectivity index (χ3v) is 5.16. The Kier molecular flexibility index (Phi) is 5.77. The predicted octanol–water partition coefficient (Wildman–Crippen LogP) is 2.11. The van der Waals surface area contributed by atoms with E-state index < -0.39 is 0 Å². The third kappa shape index (κ3) is 4.27. The highest BCUT2D eigenvalue weighted by Gasteiger charge is 2.18. The van der Waals surface area contributed by atoms with Crippen molar-refractivity contribution in [3.8, 4) is 11.8 Å². The van der Waals surface area contributed by atoms with Crippen LogP contribution in [0.25, 0.3) is 0 Å². The van der Waals surface area contributed by atoms with E-state index in [1.54, 1.807) is 0 Å². The Morgan fingerprint density at radius 1 is 1.58 bits per heavy atom. The van der Waals surface area contributed by atoms with Gasteiger partial charge in [0.1, 0.15) is 4.88 Å². The standard InChI is InChI=1S/C14H17NO2S2/c16-7-2-1-4-11-6-9-19-13(11)14(17)15-10-12-5-3-8-18-12/h6,9,12,16H,2-3,5,7-8,10H2,(H,15,17). The van der Waals surface area contributed by atoms with Gasteiger partial charge in [0.15, 0.2) is 0 Å². The summed E-state index contributed by atoms with van der Waals surface area (Å²) in [6.07, 6.45) is 2.89. The van der Waals surface area contributed by atoms with Crippen LogP contribution in [-0.2, 0) is 0 Å². The summed E-state index contributed by atoms with van der Waals surface area (Å²) < 4.78 is 0. The molecule has 19 heavy (non-hydrogen) atoms. The molecule has 1 aliphatic heterocycles. The largest absolute Gasteiger partial charge is 0.395 e. The zero-order valence-corrected chi connectivity index (χ0v) is 12.3. The number of amides is 1. The molecule has 0 aliphatic carbocycles. The zero-order chi connectivity index (χ0) is 13.5. The Balaban J connectivity index is 1.91. The maximum atomic E-state index is 12.1. The fourth-order valence-corrected chi connectivity index (χ4v) is 3.86. The Morgan fingerprint density at radius 2 is 2.47 bits per heavy atom. The summed E-state index contributed by atoms with van der Waals surface area (Å²) in [6, 6.07) is 1.86. The molecular formula is C14H17NO2S2. The summed E-state index contributed by atoms with van der Waals surface area (Å²) >= 11 is 3.35. The van der Waals surface area contributed by atoms with Gasteiger partial charge in [0.25, 0.3) is 5.91 Å². The van der Waals surface area contributed by atoms with Crippen LogP contribution in [0.1, 0.15) is 34.5 Å². The highest BCUT2D eigenvalue weighted by molar-refractivity contribution is 8.00. The van der Waals surface area contributed by atoms with Gasteiger partial charge in [-0.2, -0.15) is 11.8 Å². The third-order valence-electron chi connectivity index (χ3n) is 2.85. The summed E-state index contributed by atoms with van der Waals surface area (Å²) in [5.74, 6) is 6.96. The van der Waals surface area contributed by atoms with Crippen LogP contribution in [-0.4, -0.2) is 35.2 Å². The van der Waals surface area contributed by atoms with Gasteiger partial charge in [-0.25, -0.2) is 0 Å². The van der Waals surface area contributed by atoms with Gasteiger partial charge in [-0.05, 0) is 30.0 Å². The quantitative estimate of drug-likeness (QED) is 0.837. The molecule has 0 aromatic carbocycles. The number of hydrogen-bond donors (Lipinski definition) is 2. The molecule has 0 saturated carbocycles. The molecule has 0 spiro atoms. The number of carbonyl (C=O) groups excluding carboxylic acids is 1. The van der Waals surface area contributed by atoms with E-state index in [-0.39, 0.29) is 12.5 Å². The SMILES string of the molecule is O=C(NCC1CCCS1)c1sccc1C#CCCO. The molecule has 1 saturated heterocycles. The van der Waals surface area contributed by atoms with Gasteiger partial charge < -0.3 is 10.4 Å². The number of aliphatic hydroxyl groups excluding tert-OH is 1. The molecule has 0 bridgehead atoms. The predicted molar refractivity (Wildman–Crippen MR) is 80.7 cm³/mol. The number of carbonyl (C=O) groups is 1. The van der Waals surface area contributed by atoms with Crippen LogP contribution in [0.2, 0.25) is 0 Å². The van der Waals surface area contributed by atoms with Crippen LogP contribution < -0.4 is 5.32 Å². The highest BCUT2D eigenvalue weighted by Crippen LogP contribution is 2.25. The Morgan fingerprint density at radius 3 is 3.21 bits per heavy atom. The van der Waals surface area contributed by atoms with Gasteiger partial charge in [-0.1, -0.05) is 11.8 Å². The normalized spacial score (nSPS) is 17.8. The minimum absolute atomic E-state index is 0.0317. The van der Waals surface area contributed by atoms with Crippen molar-refractivity contribution in [1.82, 2.24) is 5.32 Å². The minimum Gasteiger partial charge on any atom is -0.395 e. The molecule has 1 unspecified atom stereocenters. The van der Waals surface area contributed by atoms with Crippen molar-refractivity contribution in [2.45, 2.75) is 24.5 Å². The molecule has 1 aromatic heterocycles. The van der Waals surface area contributed by atoms with Crippen LogP contribution in [0.5, 0.6) is 0 Å². The molecule has 1 aromatic rings. The maximum absolute atomic E-state index is 12.1. The highest BCUT2D eigenvalue weighted by atomic mass is 32.2. The summed E-state index contributed by atoms with van der Waals surface area (Å²) in [4.78, 5) is 12.8. The van der Waals surface area contributed by atoms with E-state index in [9.17, 15) is 4.79 Å². The number of rotatable bonds is 4. The molecule has 2 rings (SSSR count). The second kappa shape index (κ2) is 7.59.